The Balaban J connectivity index is 2.35. The SMILES string of the molecule is Cc1c(S(N)(=O)=O)ccc(-c2ccccc2)c1-c1cnc[nH]1. The predicted molar refractivity (Wildman–Crippen MR) is 85.6 cm³/mol. The van der Waals surface area contributed by atoms with Crippen LogP contribution in [0, 0.1) is 6.92 Å². The molecule has 0 aliphatic carbocycles. The number of sulfonamides is 1. The van der Waals surface area contributed by atoms with E-state index in [0.29, 0.717) is 5.56 Å². The monoisotopic (exact) mass is 313 g/mol. The van der Waals surface area contributed by atoms with Gasteiger partial charge in [-0.15, -0.1) is 0 Å². The molecule has 22 heavy (non-hydrogen) atoms. The number of hydrogen-bond acceptors (Lipinski definition) is 3. The minimum Gasteiger partial charge on any atom is -0.345 e. The zero-order valence-electron chi connectivity index (χ0n) is 11.9. The van der Waals surface area contributed by atoms with Crippen molar-refractivity contribution in [2.75, 3.05) is 0 Å². The van der Waals surface area contributed by atoms with E-state index in [-0.39, 0.29) is 4.90 Å². The summed E-state index contributed by atoms with van der Waals surface area (Å²) in [5.41, 5.74) is 4.07. The maximum atomic E-state index is 11.8. The van der Waals surface area contributed by atoms with E-state index in [2.05, 4.69) is 9.97 Å². The molecule has 3 aromatic rings. The fourth-order valence-corrected chi connectivity index (χ4v) is 3.39. The van der Waals surface area contributed by atoms with Gasteiger partial charge in [-0.3, -0.25) is 0 Å². The van der Waals surface area contributed by atoms with Crippen LogP contribution in [0.25, 0.3) is 22.4 Å². The molecule has 1 heterocycles. The van der Waals surface area contributed by atoms with E-state index in [4.69, 9.17) is 5.14 Å². The standard InChI is InChI=1S/C16H15N3O2S/c1-11-15(22(17,20)21)8-7-13(12-5-3-2-4-6-12)16(11)14-9-18-10-19-14/h2-10H,1H3,(H,18,19)(H2,17,20,21). The van der Waals surface area contributed by atoms with Gasteiger partial charge in [-0.2, -0.15) is 0 Å². The number of hydrogen-bond donors (Lipinski definition) is 2. The van der Waals surface area contributed by atoms with Crippen LogP contribution in [0.4, 0.5) is 0 Å². The zero-order valence-corrected chi connectivity index (χ0v) is 12.8. The molecule has 112 valence electrons. The van der Waals surface area contributed by atoms with Crippen molar-refractivity contribution >= 4 is 10.0 Å². The lowest BCUT2D eigenvalue weighted by Gasteiger charge is -2.14. The number of aromatic nitrogens is 2. The van der Waals surface area contributed by atoms with E-state index in [1.54, 1.807) is 31.6 Å². The topological polar surface area (TPSA) is 88.8 Å². The van der Waals surface area contributed by atoms with Gasteiger partial charge in [-0.25, -0.2) is 18.5 Å². The van der Waals surface area contributed by atoms with Gasteiger partial charge in [0.1, 0.15) is 0 Å². The number of H-pyrrole nitrogens is 1. The minimum atomic E-state index is -3.78. The zero-order chi connectivity index (χ0) is 15.7. The molecule has 0 saturated carbocycles. The maximum Gasteiger partial charge on any atom is 0.238 e. The lowest BCUT2D eigenvalue weighted by molar-refractivity contribution is 0.597. The molecule has 1 aromatic heterocycles. The van der Waals surface area contributed by atoms with Crippen LogP contribution in [0.15, 0.2) is 59.9 Å². The second-order valence-electron chi connectivity index (χ2n) is 4.99. The Kier molecular flexibility index (Phi) is 3.56. The highest BCUT2D eigenvalue weighted by atomic mass is 32.2. The summed E-state index contributed by atoms with van der Waals surface area (Å²) in [4.78, 5) is 7.19. The van der Waals surface area contributed by atoms with Gasteiger partial charge in [0.25, 0.3) is 0 Å². The van der Waals surface area contributed by atoms with Gasteiger partial charge in [0.2, 0.25) is 10.0 Å². The van der Waals surface area contributed by atoms with Crippen molar-refractivity contribution in [3.63, 3.8) is 0 Å². The van der Waals surface area contributed by atoms with Crippen molar-refractivity contribution in [3.05, 3.63) is 60.6 Å². The summed E-state index contributed by atoms with van der Waals surface area (Å²) in [6, 6.07) is 13.1. The average Bonchev–Trinajstić information content (AvgIpc) is 3.00. The fraction of sp³-hybridized carbons (Fsp3) is 0.0625. The first-order chi connectivity index (χ1) is 10.5. The molecule has 0 amide bonds. The van der Waals surface area contributed by atoms with Crippen molar-refractivity contribution in [2.24, 2.45) is 5.14 Å². The summed E-state index contributed by atoms with van der Waals surface area (Å²) in [7, 11) is -3.78. The average molecular weight is 313 g/mol. The van der Waals surface area contributed by atoms with Crippen LogP contribution < -0.4 is 5.14 Å². The van der Waals surface area contributed by atoms with Crippen LogP contribution >= 0.6 is 0 Å². The molecule has 0 bridgehead atoms. The highest BCUT2D eigenvalue weighted by Gasteiger charge is 2.19. The molecular weight excluding hydrogens is 298 g/mol. The lowest BCUT2D eigenvalue weighted by atomic mass is 9.94. The Morgan fingerprint density at radius 2 is 1.82 bits per heavy atom. The van der Waals surface area contributed by atoms with Gasteiger partial charge < -0.3 is 4.98 Å². The summed E-state index contributed by atoms with van der Waals surface area (Å²) >= 11 is 0. The van der Waals surface area contributed by atoms with E-state index < -0.39 is 10.0 Å². The molecule has 5 nitrogen and oxygen atoms in total. The van der Waals surface area contributed by atoms with Crippen LogP contribution in [0.3, 0.4) is 0 Å². The van der Waals surface area contributed by atoms with Crippen molar-refractivity contribution in [1.82, 2.24) is 9.97 Å². The molecule has 3 N–H and O–H groups in total. The molecule has 0 aliphatic heterocycles. The number of primary sulfonamides is 1. The number of aromatic amines is 1. The highest BCUT2D eigenvalue weighted by Crippen LogP contribution is 2.36. The number of nitrogens with two attached hydrogens (primary N) is 1. The molecule has 0 radical (unpaired) electrons. The summed E-state index contributed by atoms with van der Waals surface area (Å²) in [6.45, 7) is 1.75. The maximum absolute atomic E-state index is 11.8. The number of rotatable bonds is 3. The predicted octanol–water partition coefficient (Wildman–Crippen LogP) is 2.70. The third-order valence-electron chi connectivity index (χ3n) is 3.57. The molecule has 6 heteroatoms. The third kappa shape index (κ3) is 2.54. The van der Waals surface area contributed by atoms with Crippen LogP contribution in [0.1, 0.15) is 5.56 Å². The summed E-state index contributed by atoms with van der Waals surface area (Å²) in [5.74, 6) is 0. The normalized spacial score (nSPS) is 11.5. The first kappa shape index (κ1) is 14.5. The van der Waals surface area contributed by atoms with Crippen LogP contribution in [0.5, 0.6) is 0 Å². The van der Waals surface area contributed by atoms with Crippen molar-refractivity contribution in [1.29, 1.82) is 0 Å². The smallest absolute Gasteiger partial charge is 0.238 e. The fourth-order valence-electron chi connectivity index (χ4n) is 2.60. The summed E-state index contributed by atoms with van der Waals surface area (Å²) in [6.07, 6.45) is 3.23. The Hall–Kier alpha value is -2.44. The van der Waals surface area contributed by atoms with Crippen molar-refractivity contribution < 1.29 is 8.42 Å². The van der Waals surface area contributed by atoms with E-state index in [1.807, 2.05) is 30.3 Å². The number of benzene rings is 2. The molecule has 0 atom stereocenters. The van der Waals surface area contributed by atoms with Gasteiger partial charge in [0.15, 0.2) is 0 Å². The minimum absolute atomic E-state index is 0.122. The second-order valence-corrected chi connectivity index (χ2v) is 6.52. The molecule has 0 unspecified atom stereocenters. The Morgan fingerprint density at radius 3 is 2.41 bits per heavy atom. The van der Waals surface area contributed by atoms with Crippen LogP contribution in [-0.2, 0) is 10.0 Å². The second kappa shape index (κ2) is 5.40. The Bertz CT molecular complexity index is 902. The Labute approximate surface area is 128 Å². The van der Waals surface area contributed by atoms with Crippen molar-refractivity contribution in [3.8, 4) is 22.4 Å². The summed E-state index contributed by atoms with van der Waals surface area (Å²) in [5, 5.41) is 5.32. The molecule has 0 aliphatic rings. The Morgan fingerprint density at radius 1 is 1.09 bits per heavy atom. The quantitative estimate of drug-likeness (QED) is 0.779. The van der Waals surface area contributed by atoms with E-state index in [0.717, 1.165) is 22.4 Å². The first-order valence-electron chi connectivity index (χ1n) is 6.69. The van der Waals surface area contributed by atoms with E-state index >= 15 is 0 Å². The molecule has 0 fully saturated rings. The van der Waals surface area contributed by atoms with Crippen molar-refractivity contribution in [2.45, 2.75) is 11.8 Å². The third-order valence-corrected chi connectivity index (χ3v) is 4.63. The van der Waals surface area contributed by atoms with Gasteiger partial charge >= 0.3 is 0 Å². The molecule has 0 spiro atoms. The van der Waals surface area contributed by atoms with E-state index in [9.17, 15) is 8.42 Å². The van der Waals surface area contributed by atoms with Crippen LogP contribution in [-0.4, -0.2) is 18.4 Å². The first-order valence-corrected chi connectivity index (χ1v) is 8.23. The lowest BCUT2D eigenvalue weighted by Crippen LogP contribution is -2.14. The van der Waals surface area contributed by atoms with Crippen LogP contribution in [0.2, 0.25) is 0 Å². The van der Waals surface area contributed by atoms with Gasteiger partial charge in [-0.05, 0) is 29.7 Å². The largest absolute Gasteiger partial charge is 0.345 e. The number of nitrogens with zero attached hydrogens (tertiary/aromatic N) is 1. The molecule has 2 aromatic carbocycles. The summed E-state index contributed by atoms with van der Waals surface area (Å²) < 4.78 is 23.6. The van der Waals surface area contributed by atoms with E-state index in [1.165, 1.54) is 0 Å². The highest BCUT2D eigenvalue weighted by molar-refractivity contribution is 7.89. The van der Waals surface area contributed by atoms with Gasteiger partial charge in [0, 0.05) is 5.56 Å². The molecule has 0 saturated heterocycles. The number of nitrogens with one attached hydrogen (secondary N) is 1. The number of imidazole rings is 1. The van der Waals surface area contributed by atoms with Gasteiger partial charge in [0.05, 0.1) is 23.1 Å². The van der Waals surface area contributed by atoms with Gasteiger partial charge in [-0.1, -0.05) is 36.4 Å². The molecular formula is C16H15N3O2S. The molecule has 3 rings (SSSR count).